The molecule has 0 spiro atoms. The summed E-state index contributed by atoms with van der Waals surface area (Å²) in [6.07, 6.45) is 9.43. The molecular weight excluding hydrogens is 298 g/mol. The molecule has 1 fully saturated rings. The van der Waals surface area contributed by atoms with Gasteiger partial charge in [0.05, 0.1) is 6.61 Å². The van der Waals surface area contributed by atoms with Gasteiger partial charge in [-0.15, -0.1) is 0 Å². The fourth-order valence-electron chi connectivity index (χ4n) is 3.24. The van der Waals surface area contributed by atoms with Gasteiger partial charge in [0.15, 0.2) is 0 Å². The number of nitrogens with one attached hydrogen (secondary N) is 1. The summed E-state index contributed by atoms with van der Waals surface area (Å²) in [6, 6.07) is 7.86. The molecule has 0 heterocycles. The fourth-order valence-corrected chi connectivity index (χ4v) is 3.24. The minimum absolute atomic E-state index is 0.0130. The first-order valence-electron chi connectivity index (χ1n) is 9.20. The van der Waals surface area contributed by atoms with E-state index < -0.39 is 0 Å². The topological polar surface area (TPSA) is 38.3 Å². The van der Waals surface area contributed by atoms with Crippen LogP contribution in [0.4, 0.5) is 0 Å². The lowest BCUT2D eigenvalue weighted by molar-refractivity contribution is -0.116. The smallest absolute Gasteiger partial charge is 0.244 e. The average Bonchev–Trinajstić information content (AvgIpc) is 2.91. The minimum Gasteiger partial charge on any atom is -0.494 e. The van der Waals surface area contributed by atoms with Gasteiger partial charge in [-0.25, -0.2) is 0 Å². The third-order valence-electron chi connectivity index (χ3n) is 5.08. The van der Waals surface area contributed by atoms with E-state index in [1.165, 1.54) is 19.3 Å². The maximum atomic E-state index is 12.0. The molecule has 0 aromatic heterocycles. The van der Waals surface area contributed by atoms with E-state index in [0.717, 1.165) is 37.3 Å². The molecule has 0 saturated heterocycles. The Balaban J connectivity index is 1.76. The number of unbranched alkanes of at least 4 members (excludes halogenated alkanes) is 1. The maximum Gasteiger partial charge on any atom is 0.244 e. The van der Waals surface area contributed by atoms with Crippen LogP contribution in [0, 0.1) is 11.3 Å². The molecule has 0 aliphatic heterocycles. The Morgan fingerprint density at radius 1 is 1.33 bits per heavy atom. The van der Waals surface area contributed by atoms with Gasteiger partial charge in [0.2, 0.25) is 5.91 Å². The van der Waals surface area contributed by atoms with E-state index in [9.17, 15) is 4.79 Å². The van der Waals surface area contributed by atoms with Gasteiger partial charge in [-0.05, 0) is 54.4 Å². The summed E-state index contributed by atoms with van der Waals surface area (Å²) in [6.45, 7) is 8.29. The molecule has 1 aliphatic carbocycles. The van der Waals surface area contributed by atoms with Crippen LogP contribution in [0.15, 0.2) is 30.3 Å². The van der Waals surface area contributed by atoms with Gasteiger partial charge in [-0.3, -0.25) is 4.79 Å². The Kier molecular flexibility index (Phi) is 6.89. The number of carbonyl (C=O) groups is 1. The molecule has 1 aromatic carbocycles. The molecule has 1 saturated carbocycles. The van der Waals surface area contributed by atoms with Crippen molar-refractivity contribution in [1.82, 2.24) is 5.32 Å². The van der Waals surface area contributed by atoms with Crippen molar-refractivity contribution in [1.29, 1.82) is 0 Å². The molecule has 3 heteroatoms. The van der Waals surface area contributed by atoms with Crippen LogP contribution in [-0.4, -0.2) is 19.1 Å². The van der Waals surface area contributed by atoms with Crippen LogP contribution in [0.3, 0.4) is 0 Å². The molecule has 3 nitrogen and oxygen atoms in total. The zero-order valence-corrected chi connectivity index (χ0v) is 15.3. The van der Waals surface area contributed by atoms with E-state index in [0.29, 0.717) is 11.3 Å². The first kappa shape index (κ1) is 18.6. The van der Waals surface area contributed by atoms with Gasteiger partial charge in [-0.1, -0.05) is 45.7 Å². The van der Waals surface area contributed by atoms with Crippen LogP contribution in [-0.2, 0) is 4.79 Å². The van der Waals surface area contributed by atoms with E-state index in [1.807, 2.05) is 30.3 Å². The molecular formula is C21H31NO2. The van der Waals surface area contributed by atoms with Gasteiger partial charge < -0.3 is 10.1 Å². The highest BCUT2D eigenvalue weighted by molar-refractivity contribution is 5.91. The number of rotatable bonds is 8. The third kappa shape index (κ3) is 5.70. The monoisotopic (exact) mass is 329 g/mol. The van der Waals surface area contributed by atoms with Crippen molar-refractivity contribution in [2.45, 2.75) is 52.9 Å². The molecule has 0 bridgehead atoms. The third-order valence-corrected chi connectivity index (χ3v) is 5.08. The Hall–Kier alpha value is -1.77. The molecule has 1 aliphatic rings. The number of hydrogen-bond donors (Lipinski definition) is 1. The maximum absolute atomic E-state index is 12.0. The van der Waals surface area contributed by atoms with Crippen molar-refractivity contribution >= 4 is 12.0 Å². The fraction of sp³-hybridized carbons (Fsp3) is 0.571. The van der Waals surface area contributed by atoms with Crippen molar-refractivity contribution in [2.75, 3.05) is 13.2 Å². The van der Waals surface area contributed by atoms with Gasteiger partial charge in [-0.2, -0.15) is 0 Å². The van der Waals surface area contributed by atoms with Crippen molar-refractivity contribution < 1.29 is 9.53 Å². The molecule has 2 rings (SSSR count). The lowest BCUT2D eigenvalue weighted by Gasteiger charge is -2.26. The second-order valence-corrected chi connectivity index (χ2v) is 7.43. The molecule has 24 heavy (non-hydrogen) atoms. The number of benzene rings is 1. The standard InChI is InChI=1S/C21H31NO2/c1-4-5-15-24-19-11-8-17(9-12-19)10-13-20(23)22-16-18-7-6-14-21(18,2)3/h8-13,18H,4-7,14-16H2,1-3H3,(H,22,23). The second-order valence-electron chi connectivity index (χ2n) is 7.43. The summed E-state index contributed by atoms with van der Waals surface area (Å²) in [5.74, 6) is 1.46. The van der Waals surface area contributed by atoms with Crippen LogP contribution in [0.2, 0.25) is 0 Å². The van der Waals surface area contributed by atoms with E-state index in [1.54, 1.807) is 6.08 Å². The zero-order valence-electron chi connectivity index (χ0n) is 15.3. The van der Waals surface area contributed by atoms with Gasteiger partial charge in [0, 0.05) is 12.6 Å². The minimum atomic E-state index is -0.0130. The Labute approximate surface area is 146 Å². The summed E-state index contributed by atoms with van der Waals surface area (Å²) >= 11 is 0. The lowest BCUT2D eigenvalue weighted by Crippen LogP contribution is -2.32. The molecule has 1 aromatic rings. The lowest BCUT2D eigenvalue weighted by atomic mass is 9.82. The van der Waals surface area contributed by atoms with E-state index >= 15 is 0 Å². The van der Waals surface area contributed by atoms with Gasteiger partial charge >= 0.3 is 0 Å². The largest absolute Gasteiger partial charge is 0.494 e. The van der Waals surface area contributed by atoms with Crippen LogP contribution < -0.4 is 10.1 Å². The highest BCUT2D eigenvalue weighted by Crippen LogP contribution is 2.41. The van der Waals surface area contributed by atoms with Crippen LogP contribution in [0.25, 0.3) is 6.08 Å². The Bertz CT molecular complexity index is 545. The quantitative estimate of drug-likeness (QED) is 0.548. The molecule has 1 atom stereocenters. The molecule has 0 radical (unpaired) electrons. The summed E-state index contributed by atoms with van der Waals surface area (Å²) in [7, 11) is 0. The van der Waals surface area contributed by atoms with Crippen molar-refractivity contribution in [2.24, 2.45) is 11.3 Å². The first-order valence-corrected chi connectivity index (χ1v) is 9.20. The number of carbonyl (C=O) groups excluding carboxylic acids is 1. The predicted octanol–water partition coefficient (Wildman–Crippen LogP) is 4.82. The molecule has 1 amide bonds. The van der Waals surface area contributed by atoms with E-state index in [4.69, 9.17) is 4.74 Å². The van der Waals surface area contributed by atoms with Crippen LogP contribution in [0.5, 0.6) is 5.75 Å². The number of ether oxygens (including phenoxy) is 1. The summed E-state index contributed by atoms with van der Waals surface area (Å²) in [4.78, 5) is 12.0. The molecule has 1 N–H and O–H groups in total. The summed E-state index contributed by atoms with van der Waals surface area (Å²) < 4.78 is 5.64. The predicted molar refractivity (Wildman–Crippen MR) is 100 cm³/mol. The highest BCUT2D eigenvalue weighted by atomic mass is 16.5. The number of hydrogen-bond acceptors (Lipinski definition) is 2. The Morgan fingerprint density at radius 3 is 2.71 bits per heavy atom. The highest BCUT2D eigenvalue weighted by Gasteiger charge is 2.34. The summed E-state index contributed by atoms with van der Waals surface area (Å²) in [5, 5.41) is 3.05. The zero-order chi connectivity index (χ0) is 17.4. The van der Waals surface area contributed by atoms with Crippen LogP contribution >= 0.6 is 0 Å². The number of amides is 1. The SMILES string of the molecule is CCCCOc1ccc(C=CC(=O)NCC2CCCC2(C)C)cc1. The average molecular weight is 329 g/mol. The van der Waals surface area contributed by atoms with E-state index in [-0.39, 0.29) is 5.91 Å². The van der Waals surface area contributed by atoms with Crippen molar-refractivity contribution in [3.05, 3.63) is 35.9 Å². The second kappa shape index (κ2) is 8.91. The molecule has 132 valence electrons. The van der Waals surface area contributed by atoms with Gasteiger partial charge in [0.1, 0.15) is 5.75 Å². The molecule has 1 unspecified atom stereocenters. The first-order chi connectivity index (χ1) is 11.5. The van der Waals surface area contributed by atoms with Crippen molar-refractivity contribution in [3.8, 4) is 5.75 Å². The Morgan fingerprint density at radius 2 is 2.08 bits per heavy atom. The van der Waals surface area contributed by atoms with Crippen LogP contribution in [0.1, 0.15) is 58.4 Å². The van der Waals surface area contributed by atoms with Gasteiger partial charge in [0.25, 0.3) is 0 Å². The van der Waals surface area contributed by atoms with Crippen molar-refractivity contribution in [3.63, 3.8) is 0 Å². The normalized spacial score (nSPS) is 19.5. The van der Waals surface area contributed by atoms with E-state index in [2.05, 4.69) is 26.1 Å². The summed E-state index contributed by atoms with van der Waals surface area (Å²) in [5.41, 5.74) is 1.36.